The van der Waals surface area contributed by atoms with Gasteiger partial charge in [0.2, 0.25) is 0 Å². The highest BCUT2D eigenvalue weighted by Crippen LogP contribution is 2.49. The van der Waals surface area contributed by atoms with Crippen LogP contribution in [0.5, 0.6) is 5.75 Å². The maximum absolute atomic E-state index is 14.7. The number of benzene rings is 3. The molecule has 1 saturated carbocycles. The molecule has 0 unspecified atom stereocenters. The lowest BCUT2D eigenvalue weighted by atomic mass is 9.62. The van der Waals surface area contributed by atoms with Crippen molar-refractivity contribution >= 4 is 17.5 Å². The normalized spacial score (nSPS) is 15.5. The van der Waals surface area contributed by atoms with Gasteiger partial charge < -0.3 is 4.74 Å². The first kappa shape index (κ1) is 24.7. The molecule has 192 valence electrons. The second-order valence-corrected chi connectivity index (χ2v) is 11.1. The molecule has 0 radical (unpaired) electrons. The summed E-state index contributed by atoms with van der Waals surface area (Å²) >= 11 is 1.31. The molecule has 0 amide bonds. The second kappa shape index (κ2) is 10.3. The van der Waals surface area contributed by atoms with Crippen molar-refractivity contribution in [2.75, 3.05) is 12.9 Å². The number of carbonyl (C=O) groups is 1. The van der Waals surface area contributed by atoms with Crippen molar-refractivity contribution < 1.29 is 9.53 Å². The van der Waals surface area contributed by atoms with E-state index in [0.717, 1.165) is 48.9 Å². The molecule has 3 aromatic carbocycles. The van der Waals surface area contributed by atoms with E-state index in [0.29, 0.717) is 22.2 Å². The van der Waals surface area contributed by atoms with E-state index in [4.69, 9.17) is 9.72 Å². The van der Waals surface area contributed by atoms with Crippen LogP contribution in [-0.4, -0.2) is 28.2 Å². The summed E-state index contributed by atoms with van der Waals surface area (Å²) in [6.45, 7) is 0. The van der Waals surface area contributed by atoms with Gasteiger partial charge in [-0.1, -0.05) is 97.8 Å². The molecule has 2 aliphatic carbocycles. The van der Waals surface area contributed by atoms with Crippen molar-refractivity contribution in [2.24, 2.45) is 0 Å². The third-order valence-electron chi connectivity index (χ3n) is 7.95. The molecule has 2 aliphatic rings. The monoisotopic (exact) mass is 522 g/mol. The number of ether oxygens (including phenoxy) is 1. The number of Topliss-reactive ketones (excluding diaryl/α,β-unsaturated/α-hetero) is 1. The molecule has 6 heteroatoms. The van der Waals surface area contributed by atoms with E-state index in [9.17, 15) is 9.59 Å². The van der Waals surface area contributed by atoms with Gasteiger partial charge in [-0.15, -0.1) is 0 Å². The molecule has 0 N–H and O–H groups in total. The molecular weight excluding hydrogens is 492 g/mol. The fraction of sp³-hybridized carbons (Fsp3) is 0.281. The van der Waals surface area contributed by atoms with Crippen LogP contribution in [0.2, 0.25) is 0 Å². The summed E-state index contributed by atoms with van der Waals surface area (Å²) in [6.07, 6.45) is 6.24. The molecule has 0 saturated heterocycles. The number of methoxy groups -OCH3 is 1. The minimum atomic E-state index is -0.223. The number of hydrogen-bond donors (Lipinski definition) is 0. The van der Waals surface area contributed by atoms with E-state index in [-0.39, 0.29) is 22.5 Å². The lowest BCUT2D eigenvalue weighted by Gasteiger charge is -2.42. The van der Waals surface area contributed by atoms with Gasteiger partial charge in [-0.2, -0.15) is 0 Å². The summed E-state index contributed by atoms with van der Waals surface area (Å²) in [5.41, 5.74) is 4.90. The van der Waals surface area contributed by atoms with E-state index in [2.05, 4.69) is 18.2 Å². The number of thioether (sulfide) groups is 1. The lowest BCUT2D eigenvalue weighted by Crippen LogP contribution is -2.43. The molecule has 6 rings (SSSR count). The van der Waals surface area contributed by atoms with Crippen LogP contribution in [-0.2, 0) is 11.8 Å². The van der Waals surface area contributed by atoms with Gasteiger partial charge >= 0.3 is 0 Å². The van der Waals surface area contributed by atoms with Gasteiger partial charge in [0.15, 0.2) is 10.9 Å². The molecule has 1 aromatic heterocycles. The molecular formula is C32H30N2O3S. The largest absolute Gasteiger partial charge is 0.495 e. The zero-order chi connectivity index (χ0) is 26.1. The predicted molar refractivity (Wildman–Crippen MR) is 152 cm³/mol. The molecule has 0 atom stereocenters. The lowest BCUT2D eigenvalue weighted by molar-refractivity contribution is 0.102. The topological polar surface area (TPSA) is 61.2 Å². The van der Waals surface area contributed by atoms with E-state index < -0.39 is 0 Å². The predicted octanol–water partition coefficient (Wildman–Crippen LogP) is 6.64. The van der Waals surface area contributed by atoms with Gasteiger partial charge in [0.1, 0.15) is 5.75 Å². The molecule has 38 heavy (non-hydrogen) atoms. The average molecular weight is 523 g/mol. The summed E-state index contributed by atoms with van der Waals surface area (Å²) in [4.78, 5) is 32.9. The summed E-state index contributed by atoms with van der Waals surface area (Å²) in [7, 11) is 1.61. The van der Waals surface area contributed by atoms with Gasteiger partial charge in [0.25, 0.3) is 5.56 Å². The number of rotatable bonds is 6. The highest BCUT2D eigenvalue weighted by Gasteiger charge is 2.43. The first-order valence-corrected chi connectivity index (χ1v) is 14.2. The summed E-state index contributed by atoms with van der Waals surface area (Å²) in [6, 6.07) is 25.1. The first-order valence-electron chi connectivity index (χ1n) is 13.2. The Kier molecular flexibility index (Phi) is 6.66. The minimum absolute atomic E-state index is 0.00158. The third-order valence-corrected chi connectivity index (χ3v) is 8.89. The zero-order valence-electron chi connectivity index (χ0n) is 21.5. The number of carbonyl (C=O) groups excluding carboxylic acids is 1. The van der Waals surface area contributed by atoms with Crippen LogP contribution in [0.25, 0.3) is 16.9 Å². The average Bonchev–Trinajstić information content (AvgIpc) is 2.96. The van der Waals surface area contributed by atoms with Gasteiger partial charge in [-0.05, 0) is 37.0 Å². The number of para-hydroxylation sites is 2. The Balaban J connectivity index is 1.57. The van der Waals surface area contributed by atoms with E-state index in [1.165, 1.54) is 23.7 Å². The van der Waals surface area contributed by atoms with Crippen molar-refractivity contribution in [3.05, 3.63) is 106 Å². The number of aromatic nitrogens is 2. The maximum Gasteiger partial charge on any atom is 0.263 e. The van der Waals surface area contributed by atoms with Gasteiger partial charge in [0, 0.05) is 16.5 Å². The Morgan fingerprint density at radius 1 is 0.947 bits per heavy atom. The van der Waals surface area contributed by atoms with Gasteiger partial charge in [-0.25, -0.2) is 4.98 Å². The maximum atomic E-state index is 14.7. The van der Waals surface area contributed by atoms with Gasteiger partial charge in [0.05, 0.1) is 29.8 Å². The first-order chi connectivity index (χ1) is 18.6. The third kappa shape index (κ3) is 4.27. The van der Waals surface area contributed by atoms with Crippen molar-refractivity contribution in [1.29, 1.82) is 0 Å². The highest BCUT2D eigenvalue weighted by atomic mass is 32.2. The second-order valence-electron chi connectivity index (χ2n) is 10.2. The summed E-state index contributed by atoms with van der Waals surface area (Å²) in [5.74, 6) is 0.775. The Labute approximate surface area is 226 Å². The van der Waals surface area contributed by atoms with E-state index >= 15 is 0 Å². The van der Waals surface area contributed by atoms with Crippen LogP contribution in [0.15, 0.2) is 88.8 Å². The molecule has 0 aliphatic heterocycles. The van der Waals surface area contributed by atoms with Gasteiger partial charge in [-0.3, -0.25) is 14.2 Å². The Morgan fingerprint density at radius 3 is 2.45 bits per heavy atom. The van der Waals surface area contributed by atoms with Crippen LogP contribution in [0.1, 0.15) is 53.6 Å². The van der Waals surface area contributed by atoms with Crippen molar-refractivity contribution in [3.63, 3.8) is 0 Å². The van der Waals surface area contributed by atoms with Crippen LogP contribution >= 0.6 is 11.8 Å². The fourth-order valence-electron chi connectivity index (χ4n) is 6.15. The molecule has 0 bridgehead atoms. The Hall–Kier alpha value is -3.64. The molecule has 5 nitrogen and oxygen atoms in total. The van der Waals surface area contributed by atoms with Crippen molar-refractivity contribution in [1.82, 2.24) is 9.55 Å². The minimum Gasteiger partial charge on any atom is -0.495 e. The standard InChI is InChI=1S/C32H30N2O3S/c1-37-27-17-9-8-16-25(27)34-30(36)28-29(33-31(34)38-21-26(35)22-12-4-2-5-13-22)24-15-7-6-14-23(24)20-32(28)18-10-3-11-19-32/h2,4-9,12-17H,3,10-11,18-21H2,1H3. The SMILES string of the molecule is COc1ccccc1-n1c(SCC(=O)c2ccccc2)nc2c(c1=O)C1(CCCCC1)Cc1ccccc1-2. The van der Waals surface area contributed by atoms with E-state index in [1.54, 1.807) is 11.7 Å². The van der Waals surface area contributed by atoms with Crippen LogP contribution in [0.3, 0.4) is 0 Å². The number of nitrogens with zero attached hydrogens (tertiary/aromatic N) is 2. The molecule has 1 fully saturated rings. The van der Waals surface area contributed by atoms with Crippen LogP contribution < -0.4 is 10.3 Å². The molecule has 1 spiro atoms. The Morgan fingerprint density at radius 2 is 1.66 bits per heavy atom. The van der Waals surface area contributed by atoms with Crippen molar-refractivity contribution in [2.45, 2.75) is 49.1 Å². The molecule has 4 aromatic rings. The quantitative estimate of drug-likeness (QED) is 0.161. The Bertz CT molecular complexity index is 1550. The fourth-order valence-corrected chi connectivity index (χ4v) is 7.04. The number of ketones is 1. The number of fused-ring (bicyclic) bond motifs is 4. The highest BCUT2D eigenvalue weighted by molar-refractivity contribution is 7.99. The number of hydrogen-bond acceptors (Lipinski definition) is 5. The summed E-state index contributed by atoms with van der Waals surface area (Å²) in [5, 5.41) is 0.505. The van der Waals surface area contributed by atoms with Crippen molar-refractivity contribution in [3.8, 4) is 22.7 Å². The van der Waals surface area contributed by atoms with Crippen LogP contribution in [0.4, 0.5) is 0 Å². The van der Waals surface area contributed by atoms with E-state index in [1.807, 2.05) is 60.7 Å². The van der Waals surface area contributed by atoms with Crippen LogP contribution in [0, 0.1) is 0 Å². The summed E-state index contributed by atoms with van der Waals surface area (Å²) < 4.78 is 7.36. The smallest absolute Gasteiger partial charge is 0.263 e. The molecule has 1 heterocycles. The zero-order valence-corrected chi connectivity index (χ0v) is 22.3.